The van der Waals surface area contributed by atoms with Gasteiger partial charge in [0.05, 0.1) is 11.6 Å². The van der Waals surface area contributed by atoms with Crippen LogP contribution in [0.1, 0.15) is 35.2 Å². The Kier molecular flexibility index (Phi) is 9.78. The molecule has 3 rings (SSSR count). The molecule has 0 unspecified atom stereocenters. The van der Waals surface area contributed by atoms with Gasteiger partial charge in [-0.2, -0.15) is 0 Å². The van der Waals surface area contributed by atoms with Crippen LogP contribution in [0, 0.1) is 12.7 Å². The lowest BCUT2D eigenvalue weighted by Crippen LogP contribution is -2.41. The number of ether oxygens (including phenoxy) is 1. The van der Waals surface area contributed by atoms with Crippen LogP contribution in [0.3, 0.4) is 0 Å². The van der Waals surface area contributed by atoms with Crippen molar-refractivity contribution in [3.05, 3.63) is 51.7 Å². The summed E-state index contributed by atoms with van der Waals surface area (Å²) in [5.41, 5.74) is 1.02. The first-order valence-corrected chi connectivity index (χ1v) is 10.7. The maximum Gasteiger partial charge on any atom is 0.191 e. The number of hydrogen-bond donors (Lipinski definition) is 2. The van der Waals surface area contributed by atoms with Crippen LogP contribution in [0.2, 0.25) is 0 Å². The van der Waals surface area contributed by atoms with E-state index in [-0.39, 0.29) is 35.2 Å². The predicted octanol–water partition coefficient (Wildman–Crippen LogP) is 4.05. The number of hydrogen-bond acceptors (Lipinski definition) is 4. The second-order valence-corrected chi connectivity index (χ2v) is 8.46. The highest BCUT2D eigenvalue weighted by molar-refractivity contribution is 14.0. The van der Waals surface area contributed by atoms with E-state index >= 15 is 0 Å². The molecule has 0 atom stereocenters. The zero-order valence-electron chi connectivity index (χ0n) is 17.0. The minimum atomic E-state index is -0.207. The molecule has 0 saturated carbocycles. The summed E-state index contributed by atoms with van der Waals surface area (Å²) in [6.45, 7) is 7.78. The van der Waals surface area contributed by atoms with Crippen molar-refractivity contribution >= 4 is 41.3 Å². The molecule has 8 heteroatoms. The molecule has 1 saturated heterocycles. The minimum Gasteiger partial charge on any atom is -0.381 e. The lowest BCUT2D eigenvalue weighted by Gasteiger charge is -2.36. The van der Waals surface area contributed by atoms with E-state index in [0.29, 0.717) is 19.8 Å². The van der Waals surface area contributed by atoms with Crippen molar-refractivity contribution in [1.82, 2.24) is 15.6 Å². The summed E-state index contributed by atoms with van der Waals surface area (Å²) in [5.74, 6) is 0.602. The van der Waals surface area contributed by atoms with E-state index in [9.17, 15) is 4.39 Å². The average Bonchev–Trinajstić information content (AvgIpc) is 3.12. The molecule has 0 aliphatic carbocycles. The third kappa shape index (κ3) is 6.89. The molecule has 1 aliphatic rings. The Labute approximate surface area is 193 Å². The number of aliphatic imine (C=N–C) groups is 1. The summed E-state index contributed by atoms with van der Waals surface area (Å²) in [7, 11) is 0. The molecule has 1 fully saturated rings. The first kappa shape index (κ1) is 24.0. The van der Waals surface area contributed by atoms with Crippen molar-refractivity contribution in [2.45, 2.75) is 38.5 Å². The van der Waals surface area contributed by atoms with E-state index in [4.69, 9.17) is 9.73 Å². The molecular formula is C21H30FIN4OS. The lowest BCUT2D eigenvalue weighted by molar-refractivity contribution is 0.0531. The largest absolute Gasteiger partial charge is 0.381 e. The molecule has 0 radical (unpaired) electrons. The highest BCUT2D eigenvalue weighted by Gasteiger charge is 2.34. The van der Waals surface area contributed by atoms with Crippen LogP contribution in [-0.4, -0.2) is 43.8 Å². The van der Waals surface area contributed by atoms with Gasteiger partial charge in [-0.3, -0.25) is 4.99 Å². The molecule has 1 aromatic heterocycles. The van der Waals surface area contributed by atoms with E-state index < -0.39 is 0 Å². The van der Waals surface area contributed by atoms with E-state index in [0.717, 1.165) is 48.9 Å². The van der Waals surface area contributed by atoms with Crippen molar-refractivity contribution in [3.8, 4) is 0 Å². The Balaban J connectivity index is 0.00000300. The summed E-state index contributed by atoms with van der Waals surface area (Å²) < 4.78 is 19.0. The van der Waals surface area contributed by atoms with Crippen LogP contribution in [0.5, 0.6) is 0 Å². The summed E-state index contributed by atoms with van der Waals surface area (Å²) in [5, 5.41) is 7.86. The summed E-state index contributed by atoms with van der Waals surface area (Å²) in [6, 6.07) is 6.86. The molecule has 0 amide bonds. The topological polar surface area (TPSA) is 58.5 Å². The van der Waals surface area contributed by atoms with Crippen molar-refractivity contribution in [2.75, 3.05) is 32.8 Å². The molecule has 29 heavy (non-hydrogen) atoms. The standard InChI is InChI=1S/C21H29FN4OS.HI/c1-3-23-20(24-11-8-19-25-14-16(2)28-19)26-15-21(9-12-27-13-10-21)17-4-6-18(22)7-5-17;/h4-7,14H,3,8-13,15H2,1-2H3,(H2,23,24,26);1H. The number of thiazole rings is 1. The SMILES string of the molecule is CCNC(=NCC1(c2ccc(F)cc2)CCOCC1)NCCc1ncc(C)s1.I. The average molecular weight is 532 g/mol. The molecule has 5 nitrogen and oxygen atoms in total. The van der Waals surface area contributed by atoms with Gasteiger partial charge in [-0.1, -0.05) is 12.1 Å². The molecular weight excluding hydrogens is 502 g/mol. The van der Waals surface area contributed by atoms with Crippen LogP contribution >= 0.6 is 35.3 Å². The number of rotatable bonds is 7. The first-order valence-electron chi connectivity index (χ1n) is 9.88. The quantitative estimate of drug-likeness (QED) is 0.321. The third-order valence-corrected chi connectivity index (χ3v) is 6.06. The second kappa shape index (κ2) is 11.8. The van der Waals surface area contributed by atoms with Crippen molar-refractivity contribution in [2.24, 2.45) is 4.99 Å². The smallest absolute Gasteiger partial charge is 0.191 e. The van der Waals surface area contributed by atoms with Gasteiger partial charge in [0, 0.05) is 49.2 Å². The van der Waals surface area contributed by atoms with E-state index in [1.165, 1.54) is 17.0 Å². The number of aryl methyl sites for hydroxylation is 1. The fraction of sp³-hybridized carbons (Fsp3) is 0.524. The molecule has 0 bridgehead atoms. The highest BCUT2D eigenvalue weighted by atomic mass is 127. The summed E-state index contributed by atoms with van der Waals surface area (Å²) in [4.78, 5) is 10.5. The van der Waals surface area contributed by atoms with Gasteiger partial charge in [0.1, 0.15) is 5.82 Å². The Bertz CT molecular complexity index is 775. The number of guanidine groups is 1. The van der Waals surface area contributed by atoms with Crippen molar-refractivity contribution in [3.63, 3.8) is 0 Å². The third-order valence-electron chi connectivity index (χ3n) is 5.09. The van der Waals surface area contributed by atoms with Gasteiger partial charge in [0.25, 0.3) is 0 Å². The first-order chi connectivity index (χ1) is 13.6. The van der Waals surface area contributed by atoms with Gasteiger partial charge in [-0.05, 0) is 44.4 Å². The van der Waals surface area contributed by atoms with E-state index in [1.807, 2.05) is 18.3 Å². The molecule has 1 aromatic carbocycles. The summed E-state index contributed by atoms with van der Waals surface area (Å²) >= 11 is 1.73. The van der Waals surface area contributed by atoms with Crippen molar-refractivity contribution in [1.29, 1.82) is 0 Å². The zero-order chi connectivity index (χ0) is 19.8. The predicted molar refractivity (Wildman–Crippen MR) is 128 cm³/mol. The second-order valence-electron chi connectivity index (χ2n) is 7.14. The molecule has 160 valence electrons. The number of halogens is 2. The van der Waals surface area contributed by atoms with Crippen LogP contribution in [0.15, 0.2) is 35.5 Å². The van der Waals surface area contributed by atoms with E-state index in [2.05, 4.69) is 29.5 Å². The minimum absolute atomic E-state index is 0. The molecule has 2 aromatic rings. The Hall–Kier alpha value is -1.26. The normalized spacial score (nSPS) is 16.2. The van der Waals surface area contributed by atoms with Gasteiger partial charge in [0.15, 0.2) is 5.96 Å². The van der Waals surface area contributed by atoms with Gasteiger partial charge in [-0.15, -0.1) is 35.3 Å². The fourth-order valence-corrected chi connectivity index (χ4v) is 4.27. The monoisotopic (exact) mass is 532 g/mol. The Morgan fingerprint density at radius 3 is 2.59 bits per heavy atom. The van der Waals surface area contributed by atoms with Gasteiger partial charge in [-0.25, -0.2) is 9.37 Å². The molecule has 1 aliphatic heterocycles. The van der Waals surface area contributed by atoms with Gasteiger partial charge >= 0.3 is 0 Å². The maximum atomic E-state index is 13.4. The highest BCUT2D eigenvalue weighted by Crippen LogP contribution is 2.35. The number of benzene rings is 1. The van der Waals surface area contributed by atoms with Crippen LogP contribution in [0.4, 0.5) is 4.39 Å². The van der Waals surface area contributed by atoms with Gasteiger partial charge < -0.3 is 15.4 Å². The zero-order valence-corrected chi connectivity index (χ0v) is 20.2. The summed E-state index contributed by atoms with van der Waals surface area (Å²) in [6.07, 6.45) is 4.57. The number of nitrogens with zero attached hydrogens (tertiary/aromatic N) is 2. The Morgan fingerprint density at radius 2 is 1.97 bits per heavy atom. The van der Waals surface area contributed by atoms with Crippen molar-refractivity contribution < 1.29 is 9.13 Å². The molecule has 0 spiro atoms. The number of aromatic nitrogens is 1. The van der Waals surface area contributed by atoms with E-state index in [1.54, 1.807) is 11.3 Å². The maximum absolute atomic E-state index is 13.4. The Morgan fingerprint density at radius 1 is 1.24 bits per heavy atom. The van der Waals surface area contributed by atoms with Crippen LogP contribution in [-0.2, 0) is 16.6 Å². The van der Waals surface area contributed by atoms with Crippen LogP contribution < -0.4 is 10.6 Å². The molecule has 2 heterocycles. The lowest BCUT2D eigenvalue weighted by atomic mass is 9.74. The van der Waals surface area contributed by atoms with Crippen LogP contribution in [0.25, 0.3) is 0 Å². The van der Waals surface area contributed by atoms with Gasteiger partial charge in [0.2, 0.25) is 0 Å². The number of nitrogens with one attached hydrogen (secondary N) is 2. The molecule has 2 N–H and O–H groups in total. The fourth-order valence-electron chi connectivity index (χ4n) is 3.48.